The highest BCUT2D eigenvalue weighted by Crippen LogP contribution is 2.36. The highest BCUT2D eigenvalue weighted by molar-refractivity contribution is 8.18. The zero-order chi connectivity index (χ0) is 26.5. The van der Waals surface area contributed by atoms with Crippen molar-refractivity contribution in [2.75, 3.05) is 6.54 Å². The molecule has 1 aromatic heterocycles. The average molecular weight is 551 g/mol. The Morgan fingerprint density at radius 1 is 1.24 bits per heavy atom. The van der Waals surface area contributed by atoms with Crippen molar-refractivity contribution in [3.63, 3.8) is 0 Å². The van der Waals surface area contributed by atoms with Crippen LogP contribution in [-0.2, 0) is 22.3 Å². The fraction of sp³-hybridized carbons (Fsp3) is 0.250. The van der Waals surface area contributed by atoms with Gasteiger partial charge in [0.2, 0.25) is 0 Å². The Labute approximate surface area is 217 Å². The quantitative estimate of drug-likeness (QED) is 0.447. The number of fused-ring (bicyclic) bond motifs is 1. The SMILES string of the molecule is O=C(O)[C@@H]1C[C@@H](N2C(=O)S/C(=C\c3ccc4c(cnn4Cc4ccc(Cl)cc4C(F)(F)F)c3)C2=O)CN1. The second kappa shape index (κ2) is 9.51. The van der Waals surface area contributed by atoms with E-state index in [2.05, 4.69) is 10.4 Å². The van der Waals surface area contributed by atoms with E-state index in [0.29, 0.717) is 16.5 Å². The minimum absolute atomic E-state index is 0.0126. The normalized spacial score (nSPS) is 21.5. The molecular weight excluding hydrogens is 533 g/mol. The van der Waals surface area contributed by atoms with Crippen molar-refractivity contribution in [1.82, 2.24) is 20.0 Å². The molecule has 2 aliphatic heterocycles. The van der Waals surface area contributed by atoms with Gasteiger partial charge in [0.05, 0.1) is 34.8 Å². The number of nitrogens with zero attached hydrogens (tertiary/aromatic N) is 3. The Hall–Kier alpha value is -3.35. The number of nitrogens with one attached hydrogen (secondary N) is 1. The van der Waals surface area contributed by atoms with Gasteiger partial charge < -0.3 is 10.4 Å². The third-order valence-electron chi connectivity index (χ3n) is 6.26. The van der Waals surface area contributed by atoms with Crippen LogP contribution in [0.1, 0.15) is 23.1 Å². The van der Waals surface area contributed by atoms with Crippen molar-refractivity contribution in [2.24, 2.45) is 0 Å². The Kier molecular flexibility index (Phi) is 6.50. The predicted molar refractivity (Wildman–Crippen MR) is 131 cm³/mol. The van der Waals surface area contributed by atoms with Crippen molar-refractivity contribution >= 4 is 57.5 Å². The summed E-state index contributed by atoms with van der Waals surface area (Å²) >= 11 is 6.54. The molecule has 3 aromatic rings. The number of thioether (sulfide) groups is 1. The molecule has 8 nitrogen and oxygen atoms in total. The van der Waals surface area contributed by atoms with Crippen LogP contribution >= 0.6 is 23.4 Å². The molecule has 3 heterocycles. The third kappa shape index (κ3) is 4.96. The molecule has 0 unspecified atom stereocenters. The van der Waals surface area contributed by atoms with E-state index in [1.807, 2.05) is 0 Å². The first-order chi connectivity index (χ1) is 17.5. The lowest BCUT2D eigenvalue weighted by Gasteiger charge is -2.19. The van der Waals surface area contributed by atoms with Gasteiger partial charge in [-0.3, -0.25) is 24.0 Å². The molecule has 2 saturated heterocycles. The number of aliphatic carboxylic acids is 1. The standard InChI is InChI=1S/C24H18ClF3N4O4S/c25-15-3-2-13(17(7-15)24(26,27)28)11-31-19-4-1-12(5-14(19)9-30-31)6-20-21(33)32(23(36)37-20)16-8-18(22(34)35)29-10-16/h1-7,9,16,18,29H,8,10-11H2,(H,34,35)/b20-6-/t16-,18+/m1/s1. The smallest absolute Gasteiger partial charge is 0.416 e. The van der Waals surface area contributed by atoms with Gasteiger partial charge in [0.25, 0.3) is 11.1 Å². The number of carbonyl (C=O) groups is 3. The zero-order valence-electron chi connectivity index (χ0n) is 18.8. The van der Waals surface area contributed by atoms with Crippen LogP contribution in [0, 0.1) is 0 Å². The molecule has 0 saturated carbocycles. The molecule has 2 N–H and O–H groups in total. The van der Waals surface area contributed by atoms with Crippen molar-refractivity contribution in [3.8, 4) is 0 Å². The van der Waals surface area contributed by atoms with Gasteiger partial charge in [-0.1, -0.05) is 23.7 Å². The average Bonchev–Trinajstić information content (AvgIpc) is 3.53. The topological polar surface area (TPSA) is 105 Å². The van der Waals surface area contributed by atoms with Gasteiger partial charge in [-0.15, -0.1) is 0 Å². The van der Waals surface area contributed by atoms with E-state index in [-0.39, 0.29) is 35.0 Å². The van der Waals surface area contributed by atoms with Crippen molar-refractivity contribution in [1.29, 1.82) is 0 Å². The number of rotatable bonds is 5. The maximum absolute atomic E-state index is 13.5. The second-order valence-corrected chi connectivity index (χ2v) is 10.1. The minimum Gasteiger partial charge on any atom is -0.480 e. The summed E-state index contributed by atoms with van der Waals surface area (Å²) in [6.07, 6.45) is -1.37. The van der Waals surface area contributed by atoms with Crippen LogP contribution in [0.4, 0.5) is 18.0 Å². The van der Waals surface area contributed by atoms with Gasteiger partial charge in [-0.2, -0.15) is 18.3 Å². The van der Waals surface area contributed by atoms with E-state index in [9.17, 15) is 27.6 Å². The lowest BCUT2D eigenvalue weighted by molar-refractivity contribution is -0.139. The largest absolute Gasteiger partial charge is 0.480 e. The number of aromatic nitrogens is 2. The fourth-order valence-electron chi connectivity index (χ4n) is 4.48. The van der Waals surface area contributed by atoms with Crippen LogP contribution in [0.2, 0.25) is 5.02 Å². The number of alkyl halides is 3. The van der Waals surface area contributed by atoms with Gasteiger partial charge >= 0.3 is 12.1 Å². The van der Waals surface area contributed by atoms with Crippen LogP contribution in [0.3, 0.4) is 0 Å². The Bertz CT molecular complexity index is 1470. The fourth-order valence-corrected chi connectivity index (χ4v) is 5.55. The first kappa shape index (κ1) is 25.3. The number of hydrogen-bond acceptors (Lipinski definition) is 6. The van der Waals surface area contributed by atoms with Crippen LogP contribution < -0.4 is 5.32 Å². The number of benzene rings is 2. The number of imide groups is 1. The summed E-state index contributed by atoms with van der Waals surface area (Å²) in [6, 6.07) is 7.32. The van der Waals surface area contributed by atoms with Gasteiger partial charge in [-0.05, 0) is 59.7 Å². The highest BCUT2D eigenvalue weighted by atomic mass is 35.5. The van der Waals surface area contributed by atoms with Crippen molar-refractivity contribution < 1.29 is 32.7 Å². The molecule has 13 heteroatoms. The molecule has 192 valence electrons. The minimum atomic E-state index is -4.57. The summed E-state index contributed by atoms with van der Waals surface area (Å²) < 4.78 is 41.9. The predicted octanol–water partition coefficient (Wildman–Crippen LogP) is 4.61. The number of amides is 2. The lowest BCUT2D eigenvalue weighted by Crippen LogP contribution is -2.39. The Balaban J connectivity index is 1.37. The summed E-state index contributed by atoms with van der Waals surface area (Å²) in [6.45, 7) is 0.0810. The summed E-state index contributed by atoms with van der Waals surface area (Å²) in [5, 5.41) is 16.3. The Morgan fingerprint density at radius 2 is 2.03 bits per heavy atom. The molecule has 0 aliphatic carbocycles. The molecule has 2 amide bonds. The number of carboxylic acids is 1. The lowest BCUT2D eigenvalue weighted by atomic mass is 10.1. The molecule has 2 fully saturated rings. The molecule has 2 aliphatic rings. The van der Waals surface area contributed by atoms with Crippen LogP contribution in [-0.4, -0.2) is 55.5 Å². The van der Waals surface area contributed by atoms with Crippen molar-refractivity contribution in [2.45, 2.75) is 31.2 Å². The first-order valence-electron chi connectivity index (χ1n) is 11.1. The molecule has 2 atom stereocenters. The monoisotopic (exact) mass is 550 g/mol. The van der Waals surface area contributed by atoms with Crippen molar-refractivity contribution in [3.05, 3.63) is 69.2 Å². The van der Waals surface area contributed by atoms with Gasteiger partial charge in [-0.25, -0.2) is 0 Å². The van der Waals surface area contributed by atoms with Crippen LogP contribution in [0.25, 0.3) is 17.0 Å². The molecule has 5 rings (SSSR count). The van der Waals surface area contributed by atoms with Crippen LogP contribution in [0.5, 0.6) is 0 Å². The summed E-state index contributed by atoms with van der Waals surface area (Å²) in [5.41, 5.74) is 0.382. The Morgan fingerprint density at radius 3 is 2.73 bits per heavy atom. The molecule has 2 aromatic carbocycles. The third-order valence-corrected chi connectivity index (χ3v) is 7.37. The number of hydrogen-bond donors (Lipinski definition) is 2. The number of carboxylic acid groups (broad SMARTS) is 1. The highest BCUT2D eigenvalue weighted by Gasteiger charge is 2.44. The molecular formula is C24H18ClF3N4O4S. The first-order valence-corrected chi connectivity index (χ1v) is 12.2. The summed E-state index contributed by atoms with van der Waals surface area (Å²) in [4.78, 5) is 37.9. The van der Waals surface area contributed by atoms with Gasteiger partial charge in [0.1, 0.15) is 6.04 Å². The second-order valence-electron chi connectivity index (χ2n) is 8.66. The van der Waals surface area contributed by atoms with E-state index in [1.54, 1.807) is 24.3 Å². The number of halogens is 4. The van der Waals surface area contributed by atoms with Gasteiger partial charge in [0.15, 0.2) is 0 Å². The molecule has 0 radical (unpaired) electrons. The van der Waals surface area contributed by atoms with E-state index >= 15 is 0 Å². The van der Waals surface area contributed by atoms with E-state index in [1.165, 1.54) is 23.0 Å². The maximum atomic E-state index is 13.5. The molecule has 0 bridgehead atoms. The zero-order valence-corrected chi connectivity index (χ0v) is 20.4. The molecule has 0 spiro atoms. The maximum Gasteiger partial charge on any atom is 0.416 e. The summed E-state index contributed by atoms with van der Waals surface area (Å²) in [5.74, 6) is -1.53. The van der Waals surface area contributed by atoms with E-state index in [0.717, 1.165) is 22.7 Å². The number of carbonyl (C=O) groups excluding carboxylic acids is 2. The van der Waals surface area contributed by atoms with Crippen LogP contribution in [0.15, 0.2) is 47.5 Å². The summed E-state index contributed by atoms with van der Waals surface area (Å²) in [7, 11) is 0. The van der Waals surface area contributed by atoms with E-state index < -0.39 is 40.9 Å². The molecule has 37 heavy (non-hydrogen) atoms. The van der Waals surface area contributed by atoms with E-state index in [4.69, 9.17) is 16.7 Å². The van der Waals surface area contributed by atoms with Gasteiger partial charge in [0, 0.05) is 17.0 Å².